The summed E-state index contributed by atoms with van der Waals surface area (Å²) >= 11 is 0. The van der Waals surface area contributed by atoms with Crippen molar-refractivity contribution in [3.05, 3.63) is 29.7 Å². The molecule has 1 aliphatic rings. The third-order valence-corrected chi connectivity index (χ3v) is 2.15. The Morgan fingerprint density at radius 2 is 1.83 bits per heavy atom. The Balaban J connectivity index is 2.50. The van der Waals surface area contributed by atoms with Crippen molar-refractivity contribution < 1.29 is 0 Å². The van der Waals surface area contributed by atoms with Gasteiger partial charge in [0.05, 0.1) is 0 Å². The SMILES string of the molecule is CC(C)CC1=C[CH]C(C(C)C)=C1. The Morgan fingerprint density at radius 3 is 2.25 bits per heavy atom. The lowest BCUT2D eigenvalue weighted by atomic mass is 10.0. The first kappa shape index (κ1) is 9.57. The average Bonchev–Trinajstić information content (AvgIpc) is 2.34. The maximum absolute atomic E-state index is 2.34. The molecule has 0 heterocycles. The molecule has 0 atom stereocenters. The van der Waals surface area contributed by atoms with E-state index in [1.165, 1.54) is 17.6 Å². The van der Waals surface area contributed by atoms with Gasteiger partial charge in [-0.15, -0.1) is 0 Å². The second-order valence-corrected chi connectivity index (χ2v) is 4.31. The highest BCUT2D eigenvalue weighted by Crippen LogP contribution is 2.26. The Labute approximate surface area is 76.4 Å². The smallest absolute Gasteiger partial charge is 0.00890 e. The van der Waals surface area contributed by atoms with Crippen molar-refractivity contribution in [1.29, 1.82) is 0 Å². The first-order valence-electron chi connectivity index (χ1n) is 4.85. The van der Waals surface area contributed by atoms with Gasteiger partial charge >= 0.3 is 0 Å². The lowest BCUT2D eigenvalue weighted by Gasteiger charge is -2.04. The normalized spacial score (nSPS) is 17.2. The van der Waals surface area contributed by atoms with E-state index in [-0.39, 0.29) is 0 Å². The topological polar surface area (TPSA) is 0 Å². The molecule has 0 heteroatoms. The molecule has 1 radical (unpaired) electrons. The van der Waals surface area contributed by atoms with Crippen molar-refractivity contribution in [2.45, 2.75) is 34.1 Å². The van der Waals surface area contributed by atoms with Crippen molar-refractivity contribution in [1.82, 2.24) is 0 Å². The van der Waals surface area contributed by atoms with E-state index < -0.39 is 0 Å². The average molecular weight is 163 g/mol. The van der Waals surface area contributed by atoms with Crippen LogP contribution in [0.25, 0.3) is 0 Å². The summed E-state index contributed by atoms with van der Waals surface area (Å²) in [6.07, 6.45) is 8.06. The number of hydrogen-bond donors (Lipinski definition) is 0. The molecule has 67 valence electrons. The van der Waals surface area contributed by atoms with Crippen LogP contribution in [0.15, 0.2) is 23.3 Å². The van der Waals surface area contributed by atoms with Crippen molar-refractivity contribution in [2.75, 3.05) is 0 Å². The maximum atomic E-state index is 2.34. The highest BCUT2D eigenvalue weighted by Gasteiger charge is 2.10. The lowest BCUT2D eigenvalue weighted by molar-refractivity contribution is 0.650. The van der Waals surface area contributed by atoms with Crippen molar-refractivity contribution in [2.24, 2.45) is 11.8 Å². The van der Waals surface area contributed by atoms with Gasteiger partial charge in [0.2, 0.25) is 0 Å². The van der Waals surface area contributed by atoms with Crippen LogP contribution < -0.4 is 0 Å². The van der Waals surface area contributed by atoms with Crippen LogP contribution in [-0.2, 0) is 0 Å². The van der Waals surface area contributed by atoms with Crippen LogP contribution in [0.3, 0.4) is 0 Å². The molecule has 0 saturated carbocycles. The molecule has 0 amide bonds. The van der Waals surface area contributed by atoms with Crippen molar-refractivity contribution in [3.8, 4) is 0 Å². The standard InChI is InChI=1S/C12H19/c1-9(2)7-11-5-6-12(8-11)10(3)4/h5-6,8-10H,7H2,1-4H3. The minimum absolute atomic E-state index is 0.672. The minimum Gasteiger partial charge on any atom is -0.0732 e. The first-order chi connectivity index (χ1) is 5.59. The summed E-state index contributed by atoms with van der Waals surface area (Å²) in [6, 6.07) is 0. The fourth-order valence-corrected chi connectivity index (χ4v) is 1.47. The lowest BCUT2D eigenvalue weighted by Crippen LogP contribution is -1.90. The monoisotopic (exact) mass is 163 g/mol. The van der Waals surface area contributed by atoms with Gasteiger partial charge < -0.3 is 0 Å². The molecule has 0 spiro atoms. The highest BCUT2D eigenvalue weighted by atomic mass is 14.2. The molecule has 1 aliphatic carbocycles. The van der Waals surface area contributed by atoms with E-state index in [0.29, 0.717) is 5.92 Å². The third-order valence-electron chi connectivity index (χ3n) is 2.15. The van der Waals surface area contributed by atoms with Gasteiger partial charge in [-0.25, -0.2) is 0 Å². The van der Waals surface area contributed by atoms with Gasteiger partial charge in [0, 0.05) is 6.42 Å². The van der Waals surface area contributed by atoms with Crippen molar-refractivity contribution in [3.63, 3.8) is 0 Å². The summed E-state index contributed by atoms with van der Waals surface area (Å²) in [7, 11) is 0. The van der Waals surface area contributed by atoms with Gasteiger partial charge in [-0.1, -0.05) is 51.0 Å². The zero-order chi connectivity index (χ0) is 9.14. The molecule has 0 unspecified atom stereocenters. The fourth-order valence-electron chi connectivity index (χ4n) is 1.47. The minimum atomic E-state index is 0.672. The molecule has 1 rings (SSSR count). The van der Waals surface area contributed by atoms with Gasteiger partial charge in [-0.05, 0) is 18.3 Å². The molecule has 0 saturated heterocycles. The Kier molecular flexibility index (Phi) is 3.13. The predicted octanol–water partition coefficient (Wildman–Crippen LogP) is 3.76. The summed E-state index contributed by atoms with van der Waals surface area (Å²) in [5, 5.41) is 0. The van der Waals surface area contributed by atoms with E-state index in [1.807, 2.05) is 0 Å². The second kappa shape index (κ2) is 3.93. The molecule has 0 aromatic rings. The second-order valence-electron chi connectivity index (χ2n) is 4.31. The van der Waals surface area contributed by atoms with Crippen LogP contribution in [0.5, 0.6) is 0 Å². The molecule has 0 aliphatic heterocycles. The van der Waals surface area contributed by atoms with E-state index in [0.717, 1.165) is 5.92 Å². The Bertz CT molecular complexity index is 204. The van der Waals surface area contributed by atoms with E-state index >= 15 is 0 Å². The number of hydrogen-bond acceptors (Lipinski definition) is 0. The molecular formula is C12H19. The van der Waals surface area contributed by atoms with Crippen LogP contribution in [0, 0.1) is 18.3 Å². The Hall–Kier alpha value is -0.520. The quantitative estimate of drug-likeness (QED) is 0.594. The van der Waals surface area contributed by atoms with Crippen LogP contribution in [0.1, 0.15) is 34.1 Å². The molecule has 0 bridgehead atoms. The van der Waals surface area contributed by atoms with Crippen molar-refractivity contribution >= 4 is 0 Å². The largest absolute Gasteiger partial charge is 0.0732 e. The summed E-state index contributed by atoms with van der Waals surface area (Å²) in [5.74, 6) is 1.44. The maximum Gasteiger partial charge on any atom is 0.00890 e. The van der Waals surface area contributed by atoms with Crippen LogP contribution >= 0.6 is 0 Å². The van der Waals surface area contributed by atoms with E-state index in [1.54, 1.807) is 0 Å². The van der Waals surface area contributed by atoms with Crippen LogP contribution in [0.2, 0.25) is 0 Å². The molecule has 0 fully saturated rings. The van der Waals surface area contributed by atoms with Gasteiger partial charge in [-0.2, -0.15) is 0 Å². The van der Waals surface area contributed by atoms with Gasteiger partial charge in [0.25, 0.3) is 0 Å². The van der Waals surface area contributed by atoms with Gasteiger partial charge in [0.15, 0.2) is 0 Å². The molecule has 12 heavy (non-hydrogen) atoms. The molecule has 0 N–H and O–H groups in total. The van der Waals surface area contributed by atoms with Crippen LogP contribution in [0.4, 0.5) is 0 Å². The van der Waals surface area contributed by atoms with E-state index in [4.69, 9.17) is 0 Å². The van der Waals surface area contributed by atoms with Gasteiger partial charge in [-0.3, -0.25) is 0 Å². The Morgan fingerprint density at radius 1 is 1.17 bits per heavy atom. The zero-order valence-corrected chi connectivity index (χ0v) is 8.59. The molecule has 0 aromatic heterocycles. The summed E-state index contributed by atoms with van der Waals surface area (Å²) in [6.45, 7) is 9.02. The fraction of sp³-hybridized carbons (Fsp3) is 0.583. The van der Waals surface area contributed by atoms with Gasteiger partial charge in [0.1, 0.15) is 0 Å². The van der Waals surface area contributed by atoms with Crippen LogP contribution in [-0.4, -0.2) is 0 Å². The molecule has 0 nitrogen and oxygen atoms in total. The van der Waals surface area contributed by atoms with E-state index in [9.17, 15) is 0 Å². The number of allylic oxidation sites excluding steroid dienone is 4. The molecule has 0 aromatic carbocycles. The predicted molar refractivity (Wildman–Crippen MR) is 54.8 cm³/mol. The molecular weight excluding hydrogens is 144 g/mol. The summed E-state index contributed by atoms with van der Waals surface area (Å²) < 4.78 is 0. The zero-order valence-electron chi connectivity index (χ0n) is 8.59. The number of rotatable bonds is 3. The summed E-state index contributed by atoms with van der Waals surface area (Å²) in [5.41, 5.74) is 2.97. The third kappa shape index (κ3) is 2.51. The summed E-state index contributed by atoms with van der Waals surface area (Å²) in [4.78, 5) is 0. The van der Waals surface area contributed by atoms with E-state index in [2.05, 4.69) is 46.3 Å². The highest BCUT2D eigenvalue weighted by molar-refractivity contribution is 5.41. The first-order valence-corrected chi connectivity index (χ1v) is 4.85.